The molecule has 0 saturated carbocycles. The number of ether oxygens (including phenoxy) is 3. The summed E-state index contributed by atoms with van der Waals surface area (Å²) in [4.78, 5) is 4.33. The van der Waals surface area contributed by atoms with Gasteiger partial charge in [-0.1, -0.05) is 17.7 Å². The lowest BCUT2D eigenvalue weighted by Gasteiger charge is -2.39. The van der Waals surface area contributed by atoms with Crippen molar-refractivity contribution < 1.29 is 14.2 Å². The maximum absolute atomic E-state index is 5.67. The normalized spacial score (nSPS) is 16.4. The number of rotatable bonds is 8. The smallest absolute Gasteiger partial charge is 0.191 e. The van der Waals surface area contributed by atoms with E-state index in [0.717, 1.165) is 57.5 Å². The van der Waals surface area contributed by atoms with E-state index < -0.39 is 0 Å². The first-order chi connectivity index (χ1) is 12.6. The van der Waals surface area contributed by atoms with E-state index in [0.29, 0.717) is 6.61 Å². The Morgan fingerprint density at radius 2 is 2.00 bits per heavy atom. The van der Waals surface area contributed by atoms with E-state index in [9.17, 15) is 0 Å². The number of halogens is 1. The zero-order valence-corrected chi connectivity index (χ0v) is 19.3. The zero-order valence-electron chi connectivity index (χ0n) is 17.0. The summed E-state index contributed by atoms with van der Waals surface area (Å²) in [6.07, 6.45) is 1.91. The van der Waals surface area contributed by atoms with Crippen LogP contribution in [0.1, 0.15) is 30.9 Å². The van der Waals surface area contributed by atoms with Gasteiger partial charge in [-0.2, -0.15) is 0 Å². The molecule has 0 atom stereocenters. The van der Waals surface area contributed by atoms with Gasteiger partial charge in [-0.05, 0) is 32.8 Å². The van der Waals surface area contributed by atoms with Crippen LogP contribution in [0.2, 0.25) is 0 Å². The summed E-state index contributed by atoms with van der Waals surface area (Å²) < 4.78 is 16.7. The Bertz CT molecular complexity index is 590. The zero-order chi connectivity index (χ0) is 18.8. The van der Waals surface area contributed by atoms with Gasteiger partial charge in [0, 0.05) is 50.9 Å². The maximum atomic E-state index is 5.67. The molecule has 0 radical (unpaired) electrons. The van der Waals surface area contributed by atoms with Crippen molar-refractivity contribution in [3.05, 3.63) is 29.3 Å². The van der Waals surface area contributed by atoms with Crippen molar-refractivity contribution in [1.29, 1.82) is 0 Å². The minimum absolute atomic E-state index is 0. The van der Waals surface area contributed by atoms with Gasteiger partial charge in [-0.25, -0.2) is 0 Å². The highest BCUT2D eigenvalue weighted by Gasteiger charge is 2.37. The molecule has 1 aromatic carbocycles. The second kappa shape index (κ2) is 12.4. The Morgan fingerprint density at radius 3 is 2.63 bits per heavy atom. The van der Waals surface area contributed by atoms with Gasteiger partial charge in [0.1, 0.15) is 5.75 Å². The number of nitrogens with zero attached hydrogens (tertiary/aromatic N) is 1. The molecule has 7 heteroatoms. The number of methoxy groups -OCH3 is 1. The molecule has 6 nitrogen and oxygen atoms in total. The Hall–Kier alpha value is -1.06. The van der Waals surface area contributed by atoms with Crippen LogP contribution < -0.4 is 15.4 Å². The molecule has 0 unspecified atom stereocenters. The molecule has 0 aliphatic carbocycles. The summed E-state index contributed by atoms with van der Waals surface area (Å²) >= 11 is 0. The average Bonchev–Trinajstić information content (AvgIpc) is 2.68. The highest BCUT2D eigenvalue weighted by atomic mass is 127. The van der Waals surface area contributed by atoms with Gasteiger partial charge >= 0.3 is 0 Å². The molecule has 0 bridgehead atoms. The van der Waals surface area contributed by atoms with Crippen LogP contribution in [0.4, 0.5) is 0 Å². The molecular weight excluding hydrogens is 457 g/mol. The van der Waals surface area contributed by atoms with E-state index in [1.54, 1.807) is 14.2 Å². The Labute approximate surface area is 180 Å². The quantitative estimate of drug-likeness (QED) is 0.254. The molecule has 0 amide bonds. The Kier molecular flexibility index (Phi) is 11.0. The number of guanidine groups is 1. The predicted molar refractivity (Wildman–Crippen MR) is 121 cm³/mol. The lowest BCUT2D eigenvalue weighted by molar-refractivity contribution is 0.0505. The van der Waals surface area contributed by atoms with E-state index in [4.69, 9.17) is 14.2 Å². The fourth-order valence-electron chi connectivity index (χ4n) is 3.40. The Morgan fingerprint density at radius 1 is 1.26 bits per heavy atom. The first-order valence-electron chi connectivity index (χ1n) is 9.40. The predicted octanol–water partition coefficient (Wildman–Crippen LogP) is 2.87. The number of aliphatic imine (C=N–C) groups is 1. The molecule has 0 aromatic heterocycles. The number of hydrogen-bond acceptors (Lipinski definition) is 4. The summed E-state index contributed by atoms with van der Waals surface area (Å²) in [6, 6.07) is 6.41. The Balaban J connectivity index is 0.00000364. The van der Waals surface area contributed by atoms with E-state index in [-0.39, 0.29) is 29.4 Å². The molecule has 1 aliphatic rings. The van der Waals surface area contributed by atoms with Gasteiger partial charge in [0.05, 0.1) is 13.7 Å². The third-order valence-corrected chi connectivity index (χ3v) is 4.94. The van der Waals surface area contributed by atoms with Crippen LogP contribution in [0, 0.1) is 6.92 Å². The lowest BCUT2D eigenvalue weighted by Crippen LogP contribution is -2.48. The third kappa shape index (κ3) is 6.80. The van der Waals surface area contributed by atoms with E-state index >= 15 is 0 Å². The van der Waals surface area contributed by atoms with Crippen LogP contribution >= 0.6 is 24.0 Å². The second-order valence-corrected chi connectivity index (χ2v) is 6.65. The van der Waals surface area contributed by atoms with Crippen LogP contribution in [-0.2, 0) is 14.9 Å². The first kappa shape index (κ1) is 24.0. The van der Waals surface area contributed by atoms with Crippen molar-refractivity contribution in [2.45, 2.75) is 32.1 Å². The van der Waals surface area contributed by atoms with Crippen LogP contribution in [0.25, 0.3) is 0 Å². The van der Waals surface area contributed by atoms with Gasteiger partial charge in [0.2, 0.25) is 0 Å². The molecule has 1 fully saturated rings. The summed E-state index contributed by atoms with van der Waals surface area (Å²) in [7, 11) is 3.53. The number of aryl methyl sites for hydroxylation is 1. The molecule has 2 rings (SSSR count). The summed E-state index contributed by atoms with van der Waals surface area (Å²) in [6.45, 7) is 8.55. The van der Waals surface area contributed by atoms with Crippen molar-refractivity contribution in [2.24, 2.45) is 4.99 Å². The third-order valence-electron chi connectivity index (χ3n) is 4.94. The molecular formula is C20H34IN3O3. The minimum atomic E-state index is -0.0346. The topological polar surface area (TPSA) is 64.1 Å². The fourth-order valence-corrected chi connectivity index (χ4v) is 3.40. The minimum Gasteiger partial charge on any atom is -0.496 e. The SMILES string of the molecule is CCOCCNC(=NC)NCC1(c2cc(C)ccc2OC)CCOCC1.I. The molecule has 27 heavy (non-hydrogen) atoms. The highest BCUT2D eigenvalue weighted by Crippen LogP contribution is 2.39. The van der Waals surface area contributed by atoms with Crippen LogP contribution in [0.15, 0.2) is 23.2 Å². The van der Waals surface area contributed by atoms with Crippen LogP contribution in [0.5, 0.6) is 5.75 Å². The number of nitrogens with one attached hydrogen (secondary N) is 2. The molecule has 154 valence electrons. The summed E-state index contributed by atoms with van der Waals surface area (Å²) in [5.74, 6) is 1.74. The fraction of sp³-hybridized carbons (Fsp3) is 0.650. The van der Waals surface area contributed by atoms with Gasteiger partial charge in [-0.15, -0.1) is 24.0 Å². The van der Waals surface area contributed by atoms with Crippen molar-refractivity contribution in [3.8, 4) is 5.75 Å². The van der Waals surface area contributed by atoms with Crippen molar-refractivity contribution in [3.63, 3.8) is 0 Å². The van der Waals surface area contributed by atoms with E-state index in [1.807, 2.05) is 6.92 Å². The van der Waals surface area contributed by atoms with Crippen molar-refractivity contribution >= 4 is 29.9 Å². The average molecular weight is 491 g/mol. The number of hydrogen-bond donors (Lipinski definition) is 2. The summed E-state index contributed by atoms with van der Waals surface area (Å²) in [5, 5.41) is 6.80. The van der Waals surface area contributed by atoms with E-state index in [1.165, 1.54) is 11.1 Å². The molecule has 1 aromatic rings. The monoisotopic (exact) mass is 491 g/mol. The van der Waals surface area contributed by atoms with Crippen LogP contribution in [-0.4, -0.2) is 59.6 Å². The van der Waals surface area contributed by atoms with Gasteiger partial charge in [0.25, 0.3) is 0 Å². The summed E-state index contributed by atoms with van der Waals surface area (Å²) in [5.41, 5.74) is 2.46. The largest absolute Gasteiger partial charge is 0.496 e. The van der Waals surface area contributed by atoms with Gasteiger partial charge < -0.3 is 24.8 Å². The van der Waals surface area contributed by atoms with Crippen molar-refractivity contribution in [2.75, 3.05) is 53.7 Å². The molecule has 1 heterocycles. The maximum Gasteiger partial charge on any atom is 0.191 e. The first-order valence-corrected chi connectivity index (χ1v) is 9.40. The number of benzene rings is 1. The lowest BCUT2D eigenvalue weighted by atomic mass is 9.73. The standard InChI is InChI=1S/C20H33N3O3.HI/c1-5-25-13-10-22-19(21-3)23-15-20(8-11-26-12-9-20)17-14-16(2)6-7-18(17)24-4;/h6-7,14H,5,8-13,15H2,1-4H3,(H2,21,22,23);1H. The second-order valence-electron chi connectivity index (χ2n) is 6.65. The van der Waals surface area contributed by atoms with Gasteiger partial charge in [0.15, 0.2) is 5.96 Å². The molecule has 1 saturated heterocycles. The molecule has 2 N–H and O–H groups in total. The van der Waals surface area contributed by atoms with Crippen LogP contribution in [0.3, 0.4) is 0 Å². The van der Waals surface area contributed by atoms with Crippen molar-refractivity contribution in [1.82, 2.24) is 10.6 Å². The van der Waals surface area contributed by atoms with E-state index in [2.05, 4.69) is 40.7 Å². The molecule has 0 spiro atoms. The molecule has 1 aliphatic heterocycles. The highest BCUT2D eigenvalue weighted by molar-refractivity contribution is 14.0. The van der Waals surface area contributed by atoms with Gasteiger partial charge in [-0.3, -0.25) is 4.99 Å².